The van der Waals surface area contributed by atoms with Crippen LogP contribution < -0.4 is 0 Å². The van der Waals surface area contributed by atoms with Gasteiger partial charge < -0.3 is 9.88 Å². The van der Waals surface area contributed by atoms with Gasteiger partial charge in [-0.1, -0.05) is 40.2 Å². The average molecular weight is 476 g/mol. The SMILES string of the molecule is O=C(c1cccc(Br)c1)N1CCc2c([nH]c3ccccc23)[C@@H]1c1ccc([N+](=O)[O-])cc1. The lowest BCUT2D eigenvalue weighted by Gasteiger charge is -2.36. The summed E-state index contributed by atoms with van der Waals surface area (Å²) in [7, 11) is 0. The number of H-pyrrole nitrogens is 1. The number of amides is 1. The molecule has 0 unspecified atom stereocenters. The van der Waals surface area contributed by atoms with Crippen molar-refractivity contribution in [3.63, 3.8) is 0 Å². The molecule has 0 saturated carbocycles. The van der Waals surface area contributed by atoms with Crippen molar-refractivity contribution in [3.05, 3.63) is 110 Å². The third kappa shape index (κ3) is 3.41. The Morgan fingerprint density at radius 1 is 1.06 bits per heavy atom. The van der Waals surface area contributed by atoms with E-state index in [1.54, 1.807) is 18.2 Å². The molecule has 0 fully saturated rings. The van der Waals surface area contributed by atoms with E-state index in [2.05, 4.69) is 27.0 Å². The van der Waals surface area contributed by atoms with Crippen LogP contribution in [0.5, 0.6) is 0 Å². The Balaban J connectivity index is 1.65. The number of hydrogen-bond donors (Lipinski definition) is 1. The maximum atomic E-state index is 13.5. The summed E-state index contributed by atoms with van der Waals surface area (Å²) >= 11 is 3.44. The van der Waals surface area contributed by atoms with Crippen molar-refractivity contribution in [2.45, 2.75) is 12.5 Å². The number of para-hydroxylation sites is 1. The van der Waals surface area contributed by atoms with Crippen LogP contribution in [0.1, 0.15) is 33.2 Å². The minimum absolute atomic E-state index is 0.0290. The van der Waals surface area contributed by atoms with Crippen LogP contribution in [0.25, 0.3) is 10.9 Å². The van der Waals surface area contributed by atoms with Gasteiger partial charge in [-0.15, -0.1) is 0 Å². The summed E-state index contributed by atoms with van der Waals surface area (Å²) in [5.41, 5.74) is 4.64. The Bertz CT molecular complexity index is 1310. The summed E-state index contributed by atoms with van der Waals surface area (Å²) in [5, 5.41) is 12.3. The number of aromatic amines is 1. The van der Waals surface area contributed by atoms with Crippen molar-refractivity contribution in [1.82, 2.24) is 9.88 Å². The largest absolute Gasteiger partial charge is 0.356 e. The first-order valence-corrected chi connectivity index (χ1v) is 10.7. The molecule has 7 heteroatoms. The van der Waals surface area contributed by atoms with Crippen LogP contribution in [0.3, 0.4) is 0 Å². The minimum atomic E-state index is -0.413. The number of carbonyl (C=O) groups excluding carboxylic acids is 1. The molecular formula is C24H18BrN3O3. The van der Waals surface area contributed by atoms with Crippen molar-refractivity contribution < 1.29 is 9.72 Å². The van der Waals surface area contributed by atoms with Gasteiger partial charge in [0, 0.05) is 45.3 Å². The number of fused-ring (bicyclic) bond motifs is 3. The number of nitro benzene ring substituents is 1. The van der Waals surface area contributed by atoms with Crippen LogP contribution in [0.2, 0.25) is 0 Å². The van der Waals surface area contributed by atoms with E-state index in [9.17, 15) is 14.9 Å². The predicted octanol–water partition coefficient (Wildman–Crippen LogP) is 5.63. The summed E-state index contributed by atoms with van der Waals surface area (Å²) in [5.74, 6) is -0.0750. The van der Waals surface area contributed by atoms with Crippen LogP contribution in [0.4, 0.5) is 5.69 Å². The molecule has 0 bridgehead atoms. The lowest BCUT2D eigenvalue weighted by Crippen LogP contribution is -2.40. The fraction of sp³-hybridized carbons (Fsp3) is 0.125. The fourth-order valence-corrected chi connectivity index (χ4v) is 4.77. The number of nitro groups is 1. The van der Waals surface area contributed by atoms with Crippen molar-refractivity contribution in [2.75, 3.05) is 6.54 Å². The van der Waals surface area contributed by atoms with Gasteiger partial charge in [0.05, 0.1) is 11.0 Å². The van der Waals surface area contributed by atoms with Gasteiger partial charge in [0.25, 0.3) is 11.6 Å². The highest BCUT2D eigenvalue weighted by atomic mass is 79.9. The van der Waals surface area contributed by atoms with Gasteiger partial charge in [0.2, 0.25) is 0 Å². The first-order chi connectivity index (χ1) is 15.0. The zero-order valence-electron chi connectivity index (χ0n) is 16.4. The number of benzene rings is 3. The highest BCUT2D eigenvalue weighted by Crippen LogP contribution is 2.39. The molecule has 1 atom stereocenters. The first kappa shape index (κ1) is 19.5. The third-order valence-corrected chi connectivity index (χ3v) is 6.28. The average Bonchev–Trinajstić information content (AvgIpc) is 3.17. The van der Waals surface area contributed by atoms with Gasteiger partial charge in [-0.3, -0.25) is 14.9 Å². The van der Waals surface area contributed by atoms with E-state index in [1.807, 2.05) is 41.3 Å². The van der Waals surface area contributed by atoms with E-state index in [0.717, 1.165) is 33.1 Å². The van der Waals surface area contributed by atoms with Gasteiger partial charge in [0.1, 0.15) is 0 Å². The molecule has 3 aromatic carbocycles. The van der Waals surface area contributed by atoms with Crippen molar-refractivity contribution in [2.24, 2.45) is 0 Å². The van der Waals surface area contributed by atoms with Crippen molar-refractivity contribution in [3.8, 4) is 0 Å². The second kappa shape index (κ2) is 7.67. The first-order valence-electron chi connectivity index (χ1n) is 9.93. The number of hydrogen-bond acceptors (Lipinski definition) is 3. The molecule has 5 rings (SSSR count). The maximum absolute atomic E-state index is 13.5. The molecule has 2 heterocycles. The van der Waals surface area contributed by atoms with E-state index in [-0.39, 0.29) is 17.6 Å². The molecule has 1 N–H and O–H groups in total. The van der Waals surface area contributed by atoms with Gasteiger partial charge in [0.15, 0.2) is 0 Å². The van der Waals surface area contributed by atoms with Crippen LogP contribution in [0.15, 0.2) is 77.3 Å². The lowest BCUT2D eigenvalue weighted by atomic mass is 9.91. The maximum Gasteiger partial charge on any atom is 0.269 e. The lowest BCUT2D eigenvalue weighted by molar-refractivity contribution is -0.384. The number of carbonyl (C=O) groups is 1. The molecule has 1 amide bonds. The van der Waals surface area contributed by atoms with Gasteiger partial charge >= 0.3 is 0 Å². The molecule has 31 heavy (non-hydrogen) atoms. The molecule has 1 aromatic heterocycles. The van der Waals surface area contributed by atoms with Crippen LogP contribution in [-0.4, -0.2) is 27.3 Å². The molecule has 154 valence electrons. The molecule has 0 radical (unpaired) electrons. The monoisotopic (exact) mass is 475 g/mol. The molecule has 0 spiro atoms. The molecule has 0 aliphatic carbocycles. The highest BCUT2D eigenvalue weighted by Gasteiger charge is 2.35. The molecule has 4 aromatic rings. The van der Waals surface area contributed by atoms with Crippen molar-refractivity contribution in [1.29, 1.82) is 0 Å². The standard InChI is InChI=1S/C24H18BrN3O3/c25-17-5-3-4-16(14-17)24(29)27-13-12-20-19-6-1-2-7-21(19)26-22(20)23(27)15-8-10-18(11-9-15)28(30)31/h1-11,14,23,26H,12-13H2/t23-/m0/s1. The predicted molar refractivity (Wildman–Crippen MR) is 122 cm³/mol. The number of non-ortho nitro benzene ring substituents is 1. The van der Waals surface area contributed by atoms with E-state index in [4.69, 9.17) is 0 Å². The van der Waals surface area contributed by atoms with Crippen LogP contribution >= 0.6 is 15.9 Å². The van der Waals surface area contributed by atoms with Gasteiger partial charge in [-0.05, 0) is 53.9 Å². The Kier molecular flexibility index (Phi) is 4.82. The van der Waals surface area contributed by atoms with Crippen LogP contribution in [-0.2, 0) is 6.42 Å². The number of aromatic nitrogens is 1. The summed E-state index contributed by atoms with van der Waals surface area (Å²) in [6.07, 6.45) is 0.739. The Morgan fingerprint density at radius 3 is 2.58 bits per heavy atom. The van der Waals surface area contributed by atoms with Crippen LogP contribution in [0, 0.1) is 10.1 Å². The quantitative estimate of drug-likeness (QED) is 0.308. The zero-order valence-corrected chi connectivity index (χ0v) is 18.0. The van der Waals surface area contributed by atoms with Gasteiger partial charge in [-0.25, -0.2) is 0 Å². The summed E-state index contributed by atoms with van der Waals surface area (Å²) in [6, 6.07) is 21.6. The number of halogens is 1. The second-order valence-corrected chi connectivity index (χ2v) is 8.49. The molecule has 1 aliphatic heterocycles. The Labute approximate surface area is 186 Å². The number of nitrogens with zero attached hydrogens (tertiary/aromatic N) is 2. The van der Waals surface area contributed by atoms with E-state index >= 15 is 0 Å². The molecular weight excluding hydrogens is 458 g/mol. The van der Waals surface area contributed by atoms with Crippen molar-refractivity contribution >= 4 is 38.4 Å². The number of nitrogens with one attached hydrogen (secondary N) is 1. The third-order valence-electron chi connectivity index (χ3n) is 5.79. The molecule has 1 aliphatic rings. The molecule has 6 nitrogen and oxygen atoms in total. The van der Waals surface area contributed by atoms with Gasteiger partial charge in [-0.2, -0.15) is 0 Å². The molecule has 0 saturated heterocycles. The van der Waals surface area contributed by atoms with E-state index in [0.29, 0.717) is 12.1 Å². The summed E-state index contributed by atoms with van der Waals surface area (Å²) in [6.45, 7) is 0.557. The normalized spacial score (nSPS) is 15.6. The Morgan fingerprint density at radius 2 is 1.84 bits per heavy atom. The zero-order chi connectivity index (χ0) is 21.5. The highest BCUT2D eigenvalue weighted by molar-refractivity contribution is 9.10. The second-order valence-electron chi connectivity index (χ2n) is 7.57. The van der Waals surface area contributed by atoms with E-state index < -0.39 is 4.92 Å². The van der Waals surface area contributed by atoms with E-state index in [1.165, 1.54) is 17.7 Å². The topological polar surface area (TPSA) is 79.2 Å². The summed E-state index contributed by atoms with van der Waals surface area (Å²) in [4.78, 5) is 29.6. The minimum Gasteiger partial charge on any atom is -0.356 e. The Hall–Kier alpha value is -3.45. The number of rotatable bonds is 3. The fourth-order valence-electron chi connectivity index (χ4n) is 4.37. The smallest absolute Gasteiger partial charge is 0.269 e. The summed E-state index contributed by atoms with van der Waals surface area (Å²) < 4.78 is 0.841.